The smallest absolute Gasteiger partial charge is 0.0192 e. The molecule has 2 rings (SSSR count). The van der Waals surface area contributed by atoms with Gasteiger partial charge in [-0.15, -0.1) is 0 Å². The molecule has 1 heterocycles. The Morgan fingerprint density at radius 2 is 1.60 bits per heavy atom. The fraction of sp³-hybridized carbons (Fsp3) is 0.857. The third kappa shape index (κ3) is 3.98. The normalized spacial score (nSPS) is 28.9. The van der Waals surface area contributed by atoms with Crippen LogP contribution in [-0.2, 0) is 0 Å². The van der Waals surface area contributed by atoms with Gasteiger partial charge in [0.2, 0.25) is 0 Å². The van der Waals surface area contributed by atoms with E-state index < -0.39 is 0 Å². The molecule has 1 saturated heterocycles. The molecule has 0 aromatic rings. The van der Waals surface area contributed by atoms with Crippen molar-refractivity contribution in [3.63, 3.8) is 0 Å². The van der Waals surface area contributed by atoms with Crippen molar-refractivity contribution in [1.29, 1.82) is 0 Å². The van der Waals surface area contributed by atoms with E-state index in [4.69, 9.17) is 0 Å². The van der Waals surface area contributed by atoms with Gasteiger partial charge in [-0.2, -0.15) is 0 Å². The topological polar surface area (TPSA) is 3.24 Å². The van der Waals surface area contributed by atoms with Gasteiger partial charge in [0.25, 0.3) is 0 Å². The fourth-order valence-corrected chi connectivity index (χ4v) is 2.81. The number of piperidine rings is 1. The predicted molar refractivity (Wildman–Crippen MR) is 66.1 cm³/mol. The lowest BCUT2D eigenvalue weighted by molar-refractivity contribution is 0.244. The molecule has 0 amide bonds. The fourth-order valence-electron chi connectivity index (χ4n) is 2.81. The molecule has 1 nitrogen and oxygen atoms in total. The number of hydrogen-bond acceptors (Lipinski definition) is 1. The zero-order valence-corrected chi connectivity index (χ0v) is 10.0. The molecule has 0 spiro atoms. The van der Waals surface area contributed by atoms with E-state index >= 15 is 0 Å². The van der Waals surface area contributed by atoms with Crippen LogP contribution in [0.1, 0.15) is 57.8 Å². The van der Waals surface area contributed by atoms with Gasteiger partial charge < -0.3 is 0 Å². The molecular weight excluding hydrogens is 182 g/mol. The number of hydrogen-bond donors (Lipinski definition) is 0. The first-order chi connectivity index (χ1) is 7.45. The van der Waals surface area contributed by atoms with Gasteiger partial charge in [-0.3, -0.25) is 4.90 Å². The van der Waals surface area contributed by atoms with Crippen molar-refractivity contribution in [2.75, 3.05) is 19.6 Å². The van der Waals surface area contributed by atoms with Crippen LogP contribution in [0.25, 0.3) is 0 Å². The number of likely N-dealkylation sites (tertiary alicyclic amines) is 1. The van der Waals surface area contributed by atoms with Crippen molar-refractivity contribution in [2.24, 2.45) is 0 Å². The zero-order chi connectivity index (χ0) is 10.3. The molecule has 0 aromatic heterocycles. The first-order valence-corrected chi connectivity index (χ1v) is 6.85. The highest BCUT2D eigenvalue weighted by Gasteiger charge is 2.11. The van der Waals surface area contributed by atoms with Crippen molar-refractivity contribution in [2.45, 2.75) is 57.8 Å². The maximum absolute atomic E-state index is 2.66. The van der Waals surface area contributed by atoms with Crippen LogP contribution >= 0.6 is 0 Å². The van der Waals surface area contributed by atoms with E-state index in [2.05, 4.69) is 11.0 Å². The van der Waals surface area contributed by atoms with Crippen molar-refractivity contribution in [3.05, 3.63) is 11.6 Å². The van der Waals surface area contributed by atoms with Crippen LogP contribution in [0.5, 0.6) is 0 Å². The number of nitrogens with zero attached hydrogens (tertiary/aromatic N) is 1. The van der Waals surface area contributed by atoms with Crippen LogP contribution in [0, 0.1) is 0 Å². The van der Waals surface area contributed by atoms with E-state index in [1.165, 1.54) is 77.4 Å². The Morgan fingerprint density at radius 3 is 2.47 bits per heavy atom. The van der Waals surface area contributed by atoms with Crippen molar-refractivity contribution in [1.82, 2.24) is 4.90 Å². The van der Waals surface area contributed by atoms with Gasteiger partial charge in [-0.1, -0.05) is 30.9 Å². The summed E-state index contributed by atoms with van der Waals surface area (Å²) in [6.07, 6.45) is 15.3. The molecule has 0 saturated carbocycles. The summed E-state index contributed by atoms with van der Waals surface area (Å²) in [7, 11) is 0. The molecule has 1 heteroatoms. The van der Waals surface area contributed by atoms with Crippen molar-refractivity contribution in [3.8, 4) is 0 Å². The first-order valence-electron chi connectivity index (χ1n) is 6.85. The molecule has 0 unspecified atom stereocenters. The maximum atomic E-state index is 2.66. The molecule has 0 radical (unpaired) electrons. The van der Waals surface area contributed by atoms with E-state index in [0.717, 1.165) is 0 Å². The van der Waals surface area contributed by atoms with E-state index in [0.29, 0.717) is 0 Å². The lowest BCUT2D eigenvalue weighted by atomic mass is 9.99. The predicted octanol–water partition coefficient (Wildman–Crippen LogP) is 3.75. The summed E-state index contributed by atoms with van der Waals surface area (Å²) in [6, 6.07) is 0. The minimum atomic E-state index is 1.28. The van der Waals surface area contributed by atoms with Crippen LogP contribution in [0.15, 0.2) is 11.6 Å². The highest BCUT2D eigenvalue weighted by molar-refractivity contribution is 5.05. The Kier molecular flexibility index (Phi) is 4.72. The van der Waals surface area contributed by atoms with Gasteiger partial charge in [0.1, 0.15) is 0 Å². The van der Waals surface area contributed by atoms with E-state index in [1.54, 1.807) is 5.57 Å². The SMILES string of the molecule is C1=C(/CN2CCCCC2)CCCCCC/1. The van der Waals surface area contributed by atoms with E-state index in [9.17, 15) is 0 Å². The monoisotopic (exact) mass is 207 g/mol. The third-order valence-electron chi connectivity index (χ3n) is 3.76. The Balaban J connectivity index is 1.79. The molecule has 15 heavy (non-hydrogen) atoms. The zero-order valence-electron chi connectivity index (χ0n) is 10.0. The second kappa shape index (κ2) is 6.32. The lowest BCUT2D eigenvalue weighted by Crippen LogP contribution is -2.31. The van der Waals surface area contributed by atoms with Gasteiger partial charge in [-0.05, 0) is 51.6 Å². The second-order valence-electron chi connectivity index (χ2n) is 5.15. The molecule has 1 fully saturated rings. The Hall–Kier alpha value is -0.300. The second-order valence-corrected chi connectivity index (χ2v) is 5.15. The number of allylic oxidation sites excluding steroid dienone is 1. The molecule has 0 bridgehead atoms. The van der Waals surface area contributed by atoms with Crippen LogP contribution in [0.2, 0.25) is 0 Å². The summed E-state index contributed by atoms with van der Waals surface area (Å²) in [4.78, 5) is 2.66. The molecule has 0 atom stereocenters. The van der Waals surface area contributed by atoms with E-state index in [1.807, 2.05) is 0 Å². The molecule has 0 N–H and O–H groups in total. The van der Waals surface area contributed by atoms with Crippen molar-refractivity contribution >= 4 is 0 Å². The largest absolute Gasteiger partial charge is 0.299 e. The van der Waals surface area contributed by atoms with Gasteiger partial charge in [0, 0.05) is 6.54 Å². The molecule has 0 aromatic carbocycles. The van der Waals surface area contributed by atoms with Gasteiger partial charge in [-0.25, -0.2) is 0 Å². The standard InChI is InChI=1S/C14H25N/c1-2-5-9-14(10-6-3-1)13-15-11-7-4-8-12-15/h9H,1-8,10-13H2/b14-9+. The lowest BCUT2D eigenvalue weighted by Gasteiger charge is -2.28. The Labute approximate surface area is 94.5 Å². The average Bonchev–Trinajstić information content (AvgIpc) is 2.23. The summed E-state index contributed by atoms with van der Waals surface area (Å²) in [6.45, 7) is 3.97. The van der Waals surface area contributed by atoms with Crippen LogP contribution < -0.4 is 0 Å². The summed E-state index contributed by atoms with van der Waals surface area (Å²) in [5, 5.41) is 0. The Morgan fingerprint density at radius 1 is 0.867 bits per heavy atom. The molecular formula is C14H25N. The summed E-state index contributed by atoms with van der Waals surface area (Å²) in [5.74, 6) is 0. The Bertz CT molecular complexity index is 201. The summed E-state index contributed by atoms with van der Waals surface area (Å²) >= 11 is 0. The van der Waals surface area contributed by atoms with Gasteiger partial charge in [0.05, 0.1) is 0 Å². The first kappa shape index (κ1) is 11.2. The van der Waals surface area contributed by atoms with Gasteiger partial charge >= 0.3 is 0 Å². The molecule has 1 aliphatic carbocycles. The van der Waals surface area contributed by atoms with Crippen LogP contribution in [0.3, 0.4) is 0 Å². The van der Waals surface area contributed by atoms with Gasteiger partial charge in [0.15, 0.2) is 0 Å². The van der Waals surface area contributed by atoms with Crippen LogP contribution in [0.4, 0.5) is 0 Å². The maximum Gasteiger partial charge on any atom is 0.0192 e. The summed E-state index contributed by atoms with van der Waals surface area (Å²) < 4.78 is 0. The minimum Gasteiger partial charge on any atom is -0.299 e. The quantitative estimate of drug-likeness (QED) is 0.623. The highest BCUT2D eigenvalue weighted by atomic mass is 15.1. The summed E-state index contributed by atoms with van der Waals surface area (Å²) in [5.41, 5.74) is 1.73. The van der Waals surface area contributed by atoms with Crippen molar-refractivity contribution < 1.29 is 0 Å². The molecule has 1 aliphatic heterocycles. The molecule has 2 aliphatic rings. The van der Waals surface area contributed by atoms with Crippen LogP contribution in [-0.4, -0.2) is 24.5 Å². The minimum absolute atomic E-state index is 1.28. The third-order valence-corrected chi connectivity index (χ3v) is 3.76. The average molecular weight is 207 g/mol. The number of rotatable bonds is 2. The van der Waals surface area contributed by atoms with E-state index in [-0.39, 0.29) is 0 Å². The molecule has 86 valence electrons. The highest BCUT2D eigenvalue weighted by Crippen LogP contribution is 2.19.